The lowest BCUT2D eigenvalue weighted by molar-refractivity contribution is 0.0948. The summed E-state index contributed by atoms with van der Waals surface area (Å²) in [6, 6.07) is 16.0. The molecule has 4 aromatic rings. The van der Waals surface area contributed by atoms with Gasteiger partial charge in [0, 0.05) is 26.2 Å². The van der Waals surface area contributed by atoms with E-state index in [1.54, 1.807) is 4.68 Å². The predicted molar refractivity (Wildman–Crippen MR) is 105 cm³/mol. The van der Waals surface area contributed by atoms with Crippen LogP contribution in [0.3, 0.4) is 0 Å². The maximum absolute atomic E-state index is 12.5. The van der Waals surface area contributed by atoms with Gasteiger partial charge in [0.2, 0.25) is 0 Å². The van der Waals surface area contributed by atoms with E-state index in [1.807, 2.05) is 60.2 Å². The summed E-state index contributed by atoms with van der Waals surface area (Å²) >= 11 is 0. The minimum atomic E-state index is -0.176. The van der Waals surface area contributed by atoms with Crippen molar-refractivity contribution in [1.82, 2.24) is 24.5 Å². The Morgan fingerprint density at radius 2 is 1.96 bits per heavy atom. The van der Waals surface area contributed by atoms with Crippen molar-refractivity contribution in [3.8, 4) is 11.3 Å². The van der Waals surface area contributed by atoms with Crippen molar-refractivity contribution >= 4 is 11.4 Å². The number of carbonyl (C=O) groups is 1. The minimum Gasteiger partial charge on any atom is -0.350 e. The summed E-state index contributed by atoms with van der Waals surface area (Å²) in [6.45, 7) is 2.55. The molecule has 0 unspecified atom stereocenters. The Hall–Kier alpha value is -3.41. The lowest BCUT2D eigenvalue weighted by Gasteiger charge is -2.03. The Kier molecular flexibility index (Phi) is 4.46. The van der Waals surface area contributed by atoms with E-state index >= 15 is 0 Å². The lowest BCUT2D eigenvalue weighted by atomic mass is 10.1. The van der Waals surface area contributed by atoms with E-state index in [-0.39, 0.29) is 5.91 Å². The molecule has 0 aliphatic carbocycles. The van der Waals surface area contributed by atoms with Crippen molar-refractivity contribution in [2.45, 2.75) is 13.3 Å². The van der Waals surface area contributed by atoms with E-state index in [1.165, 1.54) is 5.56 Å². The second kappa shape index (κ2) is 7.07. The Balaban J connectivity index is 1.43. The fraction of sp³-hybridized carbons (Fsp3) is 0.190. The van der Waals surface area contributed by atoms with Crippen LogP contribution in [-0.2, 0) is 13.5 Å². The van der Waals surface area contributed by atoms with Crippen LogP contribution >= 0.6 is 0 Å². The number of amides is 1. The normalized spacial score (nSPS) is 11.0. The van der Waals surface area contributed by atoms with Crippen LogP contribution in [0.25, 0.3) is 16.8 Å². The number of aromatic nitrogens is 4. The number of fused-ring (bicyclic) bond motifs is 1. The topological polar surface area (TPSA) is 64.2 Å². The summed E-state index contributed by atoms with van der Waals surface area (Å²) in [5.41, 5.74) is 4.62. The van der Waals surface area contributed by atoms with Gasteiger partial charge in [0.05, 0.1) is 17.4 Å². The molecular weight excluding hydrogens is 338 g/mol. The van der Waals surface area contributed by atoms with Crippen LogP contribution in [0.1, 0.15) is 21.9 Å². The van der Waals surface area contributed by atoms with Gasteiger partial charge in [-0.15, -0.1) is 0 Å². The third-order valence-corrected chi connectivity index (χ3v) is 4.61. The fourth-order valence-corrected chi connectivity index (χ4v) is 3.14. The molecule has 3 heterocycles. The standard InChI is InChI=1S/C21H21N5O/c1-15-6-8-16(9-7-15)19-13-18(24-25(19)2)21(27)22-11-10-20-23-14-17-5-3-4-12-26(17)20/h3-9,12-14H,10-11H2,1-2H3,(H,22,27). The molecule has 6 heteroatoms. The number of hydrogen-bond donors (Lipinski definition) is 1. The summed E-state index contributed by atoms with van der Waals surface area (Å²) in [7, 11) is 1.85. The first-order valence-electron chi connectivity index (χ1n) is 8.92. The fourth-order valence-electron chi connectivity index (χ4n) is 3.14. The smallest absolute Gasteiger partial charge is 0.271 e. The van der Waals surface area contributed by atoms with Crippen molar-refractivity contribution < 1.29 is 4.79 Å². The molecule has 0 atom stereocenters. The van der Waals surface area contributed by atoms with Gasteiger partial charge in [-0.05, 0) is 30.7 Å². The zero-order chi connectivity index (χ0) is 18.8. The molecule has 1 N–H and O–H groups in total. The van der Waals surface area contributed by atoms with Gasteiger partial charge in [0.15, 0.2) is 5.69 Å². The minimum absolute atomic E-state index is 0.176. The van der Waals surface area contributed by atoms with E-state index in [0.717, 1.165) is 22.6 Å². The predicted octanol–water partition coefficient (Wildman–Crippen LogP) is 3.02. The van der Waals surface area contributed by atoms with Crippen molar-refractivity contribution in [2.75, 3.05) is 6.54 Å². The molecule has 27 heavy (non-hydrogen) atoms. The highest BCUT2D eigenvalue weighted by Gasteiger charge is 2.14. The summed E-state index contributed by atoms with van der Waals surface area (Å²) in [6.07, 6.45) is 4.47. The Bertz CT molecular complexity index is 1090. The number of rotatable bonds is 5. The van der Waals surface area contributed by atoms with Crippen LogP contribution in [0.5, 0.6) is 0 Å². The lowest BCUT2D eigenvalue weighted by Crippen LogP contribution is -2.26. The van der Waals surface area contributed by atoms with Crippen LogP contribution < -0.4 is 5.32 Å². The molecule has 0 radical (unpaired) electrons. The molecule has 1 amide bonds. The zero-order valence-electron chi connectivity index (χ0n) is 15.4. The number of nitrogens with zero attached hydrogens (tertiary/aromatic N) is 4. The van der Waals surface area contributed by atoms with Gasteiger partial charge in [-0.3, -0.25) is 9.48 Å². The number of hydrogen-bond acceptors (Lipinski definition) is 3. The molecule has 0 saturated carbocycles. The van der Waals surface area contributed by atoms with Gasteiger partial charge in [-0.25, -0.2) is 4.98 Å². The molecule has 136 valence electrons. The van der Waals surface area contributed by atoms with E-state index in [2.05, 4.69) is 34.5 Å². The van der Waals surface area contributed by atoms with Gasteiger partial charge < -0.3 is 9.72 Å². The van der Waals surface area contributed by atoms with E-state index in [0.29, 0.717) is 18.7 Å². The van der Waals surface area contributed by atoms with E-state index in [4.69, 9.17) is 0 Å². The Morgan fingerprint density at radius 3 is 2.78 bits per heavy atom. The Morgan fingerprint density at radius 1 is 1.15 bits per heavy atom. The average Bonchev–Trinajstić information content (AvgIpc) is 3.26. The molecule has 0 aliphatic heterocycles. The van der Waals surface area contributed by atoms with Crippen LogP contribution in [0, 0.1) is 6.92 Å². The van der Waals surface area contributed by atoms with Crippen LogP contribution in [0.4, 0.5) is 0 Å². The molecule has 0 bridgehead atoms. The summed E-state index contributed by atoms with van der Waals surface area (Å²) in [5, 5.41) is 7.29. The Labute approximate surface area is 157 Å². The van der Waals surface area contributed by atoms with E-state index in [9.17, 15) is 4.79 Å². The largest absolute Gasteiger partial charge is 0.350 e. The number of aryl methyl sites for hydroxylation is 2. The van der Waals surface area contributed by atoms with E-state index < -0.39 is 0 Å². The number of imidazole rings is 1. The third-order valence-electron chi connectivity index (χ3n) is 4.61. The summed E-state index contributed by atoms with van der Waals surface area (Å²) in [4.78, 5) is 16.9. The monoisotopic (exact) mass is 359 g/mol. The first kappa shape index (κ1) is 17.0. The molecule has 4 rings (SSSR count). The van der Waals surface area contributed by atoms with Crippen LogP contribution in [0.2, 0.25) is 0 Å². The molecule has 0 fully saturated rings. The van der Waals surface area contributed by atoms with Crippen LogP contribution in [-0.4, -0.2) is 31.6 Å². The van der Waals surface area contributed by atoms with Crippen molar-refractivity contribution in [2.24, 2.45) is 7.05 Å². The van der Waals surface area contributed by atoms with Gasteiger partial charge in [-0.1, -0.05) is 35.9 Å². The number of benzene rings is 1. The van der Waals surface area contributed by atoms with Gasteiger partial charge in [0.25, 0.3) is 5.91 Å². The summed E-state index contributed by atoms with van der Waals surface area (Å²) < 4.78 is 3.77. The van der Waals surface area contributed by atoms with Gasteiger partial charge in [-0.2, -0.15) is 5.10 Å². The second-order valence-corrected chi connectivity index (χ2v) is 6.58. The molecule has 3 aromatic heterocycles. The highest BCUT2D eigenvalue weighted by Crippen LogP contribution is 2.20. The number of carbonyl (C=O) groups excluding carboxylic acids is 1. The maximum atomic E-state index is 12.5. The van der Waals surface area contributed by atoms with Gasteiger partial charge >= 0.3 is 0 Å². The molecule has 6 nitrogen and oxygen atoms in total. The number of pyridine rings is 1. The van der Waals surface area contributed by atoms with Crippen molar-refractivity contribution in [3.63, 3.8) is 0 Å². The third kappa shape index (κ3) is 3.46. The number of nitrogens with one attached hydrogen (secondary N) is 1. The second-order valence-electron chi connectivity index (χ2n) is 6.58. The SMILES string of the molecule is Cc1ccc(-c2cc(C(=O)NCCc3ncc4ccccn34)nn2C)cc1. The molecule has 1 aromatic carbocycles. The molecule has 0 aliphatic rings. The first-order chi connectivity index (χ1) is 13.1. The molecule has 0 spiro atoms. The maximum Gasteiger partial charge on any atom is 0.271 e. The highest BCUT2D eigenvalue weighted by molar-refractivity contribution is 5.93. The average molecular weight is 359 g/mol. The summed E-state index contributed by atoms with van der Waals surface area (Å²) in [5.74, 6) is 0.747. The van der Waals surface area contributed by atoms with Crippen LogP contribution in [0.15, 0.2) is 60.9 Å². The zero-order valence-corrected chi connectivity index (χ0v) is 15.4. The van der Waals surface area contributed by atoms with Crippen molar-refractivity contribution in [1.29, 1.82) is 0 Å². The first-order valence-corrected chi connectivity index (χ1v) is 8.92. The highest BCUT2D eigenvalue weighted by atomic mass is 16.1. The molecule has 0 saturated heterocycles. The van der Waals surface area contributed by atoms with Crippen molar-refractivity contribution in [3.05, 3.63) is 78.0 Å². The quantitative estimate of drug-likeness (QED) is 0.596. The molecular formula is C21H21N5O. The van der Waals surface area contributed by atoms with Gasteiger partial charge in [0.1, 0.15) is 5.82 Å².